The second-order valence-electron chi connectivity index (χ2n) is 6.43. The Morgan fingerprint density at radius 1 is 1.29 bits per heavy atom. The first-order chi connectivity index (χ1) is 13.0. The molecule has 152 valence electrons. The molecule has 0 spiro atoms. The molecule has 12 heteroatoms. The zero-order chi connectivity index (χ0) is 20.5. The monoisotopic (exact) mass is 417 g/mol. The molecule has 28 heavy (non-hydrogen) atoms. The molecular weight excluding hydrogens is 399 g/mol. The molecule has 1 amide bonds. The van der Waals surface area contributed by atoms with E-state index >= 15 is 0 Å². The fourth-order valence-electron chi connectivity index (χ4n) is 2.39. The number of amides is 1. The maximum absolute atomic E-state index is 12.3. The number of carbonyl (C=O) groups excluding carboxylic acids is 1. The van der Waals surface area contributed by atoms with Gasteiger partial charge in [0.15, 0.2) is 5.82 Å². The molecule has 0 saturated heterocycles. The second kappa shape index (κ2) is 7.23. The van der Waals surface area contributed by atoms with Crippen molar-refractivity contribution in [1.82, 2.24) is 30.2 Å². The summed E-state index contributed by atoms with van der Waals surface area (Å²) in [5, 5.41) is 5.67. The van der Waals surface area contributed by atoms with E-state index in [1.807, 2.05) is 5.32 Å². The Balaban J connectivity index is 0.00000225. The van der Waals surface area contributed by atoms with Gasteiger partial charge in [-0.05, 0) is 19.9 Å². The van der Waals surface area contributed by atoms with Gasteiger partial charge in [0.2, 0.25) is 11.9 Å². The molecule has 3 N–H and O–H groups in total. The van der Waals surface area contributed by atoms with Crippen molar-refractivity contribution in [3.05, 3.63) is 29.8 Å². The smallest absolute Gasteiger partial charge is 0.345 e. The van der Waals surface area contributed by atoms with Gasteiger partial charge in [0.25, 0.3) is 0 Å². The molecule has 0 radical (unpaired) electrons. The van der Waals surface area contributed by atoms with Crippen LogP contribution in [0.25, 0.3) is 22.4 Å². The number of nitrogens with one attached hydrogen (secondary N) is 3. The number of halogens is 4. The van der Waals surface area contributed by atoms with Crippen LogP contribution in [-0.4, -0.2) is 49.1 Å². The number of aromatic amines is 1. The van der Waals surface area contributed by atoms with Gasteiger partial charge in [-0.3, -0.25) is 4.79 Å². The lowest BCUT2D eigenvalue weighted by atomic mass is 10.1. The third-order valence-corrected chi connectivity index (χ3v) is 3.96. The predicted molar refractivity (Wildman–Crippen MR) is 101 cm³/mol. The largest absolute Gasteiger partial charge is 0.405 e. The number of anilines is 1. The molecular formula is C16H19ClF3N7O. The number of aromatic nitrogens is 5. The Labute approximate surface area is 164 Å². The van der Waals surface area contributed by atoms with E-state index in [1.54, 1.807) is 12.3 Å². The van der Waals surface area contributed by atoms with Gasteiger partial charge in [0.05, 0.1) is 5.02 Å². The first kappa shape index (κ1) is 19.8. The number of alkyl halides is 3. The molecule has 8 nitrogen and oxygen atoms in total. The van der Waals surface area contributed by atoms with Crippen molar-refractivity contribution in [2.24, 2.45) is 0 Å². The van der Waals surface area contributed by atoms with Crippen LogP contribution in [-0.2, 0) is 4.79 Å². The lowest BCUT2D eigenvalue weighted by Crippen LogP contribution is -2.50. The summed E-state index contributed by atoms with van der Waals surface area (Å²) in [5.41, 5.74) is -0.203. The molecule has 0 aromatic carbocycles. The first-order valence-electron chi connectivity index (χ1n) is 8.00. The van der Waals surface area contributed by atoms with Gasteiger partial charge in [0, 0.05) is 26.2 Å². The third-order valence-electron chi connectivity index (χ3n) is 3.75. The van der Waals surface area contributed by atoms with Crippen LogP contribution >= 0.6 is 11.6 Å². The molecule has 3 aromatic heterocycles. The SMILES string of the molecule is CC(C)(Nc1ncnc(-c2c[nH]c3ncc(Cl)cc23)n1)C(=O)NCC(F)(F)F.[HH].[HH]. The fourth-order valence-corrected chi connectivity index (χ4v) is 2.54. The summed E-state index contributed by atoms with van der Waals surface area (Å²) in [5.74, 6) is -0.546. The minimum atomic E-state index is -4.50. The topological polar surface area (TPSA) is 108 Å². The van der Waals surface area contributed by atoms with Gasteiger partial charge < -0.3 is 15.6 Å². The highest BCUT2D eigenvalue weighted by molar-refractivity contribution is 6.31. The van der Waals surface area contributed by atoms with Crippen LogP contribution in [0.15, 0.2) is 24.8 Å². The van der Waals surface area contributed by atoms with Crippen molar-refractivity contribution in [3.63, 3.8) is 0 Å². The molecule has 0 aliphatic heterocycles. The predicted octanol–water partition coefficient (Wildman–Crippen LogP) is 3.43. The Hall–Kier alpha value is -2.95. The Morgan fingerprint density at radius 3 is 2.75 bits per heavy atom. The van der Waals surface area contributed by atoms with Crippen LogP contribution in [0.5, 0.6) is 0 Å². The van der Waals surface area contributed by atoms with Crippen molar-refractivity contribution in [3.8, 4) is 11.4 Å². The Kier molecular flexibility index (Phi) is 5.11. The average Bonchev–Trinajstić information content (AvgIpc) is 3.01. The van der Waals surface area contributed by atoms with Gasteiger partial charge in [-0.2, -0.15) is 18.2 Å². The molecule has 0 aliphatic rings. The molecule has 0 bridgehead atoms. The molecule has 3 heterocycles. The molecule has 0 saturated carbocycles. The number of hydrogen-bond acceptors (Lipinski definition) is 6. The van der Waals surface area contributed by atoms with Gasteiger partial charge in [-0.15, -0.1) is 0 Å². The minimum absolute atomic E-state index is 0. The highest BCUT2D eigenvalue weighted by atomic mass is 35.5. The van der Waals surface area contributed by atoms with Crippen molar-refractivity contribution in [2.45, 2.75) is 25.6 Å². The lowest BCUT2D eigenvalue weighted by molar-refractivity contribution is -0.140. The maximum atomic E-state index is 12.3. The van der Waals surface area contributed by atoms with Crippen LogP contribution in [0.4, 0.5) is 19.1 Å². The number of H-pyrrole nitrogens is 1. The van der Waals surface area contributed by atoms with E-state index in [0.29, 0.717) is 21.6 Å². The molecule has 0 atom stereocenters. The summed E-state index contributed by atoms with van der Waals surface area (Å²) >= 11 is 5.98. The molecule has 3 aromatic rings. The molecule has 0 aliphatic carbocycles. The maximum Gasteiger partial charge on any atom is 0.405 e. The van der Waals surface area contributed by atoms with Gasteiger partial charge in [0.1, 0.15) is 24.1 Å². The molecule has 0 unspecified atom stereocenters. The fraction of sp³-hybridized carbons (Fsp3) is 0.312. The summed E-state index contributed by atoms with van der Waals surface area (Å²) in [6.45, 7) is 1.40. The number of fused-ring (bicyclic) bond motifs is 1. The summed E-state index contributed by atoms with van der Waals surface area (Å²) in [6.07, 6.45) is -0.136. The summed E-state index contributed by atoms with van der Waals surface area (Å²) in [6, 6.07) is 1.70. The highest BCUT2D eigenvalue weighted by Crippen LogP contribution is 2.27. The third kappa shape index (κ3) is 4.47. The molecule has 0 fully saturated rings. The van der Waals surface area contributed by atoms with E-state index in [9.17, 15) is 18.0 Å². The van der Waals surface area contributed by atoms with Crippen LogP contribution < -0.4 is 10.6 Å². The number of hydrogen-bond donors (Lipinski definition) is 3. The van der Waals surface area contributed by atoms with Gasteiger partial charge in [-0.1, -0.05) is 11.6 Å². The Morgan fingerprint density at radius 2 is 2.04 bits per heavy atom. The normalized spacial score (nSPS) is 12.2. The standard InChI is InChI=1S/C16H15ClF3N7O.2H2/c1-15(2,13(28)23-6-16(18,19)20)27-14-25-7-24-12(26-14)10-5-22-11-9(10)3-8(17)4-21-11;;/h3-5,7H,6H2,1-2H3,(H,21,22)(H,23,28)(H,24,25,26,27);2*1H. The summed E-state index contributed by atoms with van der Waals surface area (Å²) in [4.78, 5) is 31.5. The number of carbonyl (C=O) groups is 1. The number of rotatable bonds is 5. The summed E-state index contributed by atoms with van der Waals surface area (Å²) < 4.78 is 36.9. The molecule has 3 rings (SSSR count). The highest BCUT2D eigenvalue weighted by Gasteiger charge is 2.33. The lowest BCUT2D eigenvalue weighted by Gasteiger charge is -2.25. The summed E-state index contributed by atoms with van der Waals surface area (Å²) in [7, 11) is 0. The van der Waals surface area contributed by atoms with Crippen molar-refractivity contribution in [1.29, 1.82) is 0 Å². The van der Waals surface area contributed by atoms with E-state index in [-0.39, 0.29) is 14.6 Å². The van der Waals surface area contributed by atoms with E-state index in [1.165, 1.54) is 26.4 Å². The average molecular weight is 418 g/mol. The van der Waals surface area contributed by atoms with Gasteiger partial charge >= 0.3 is 6.18 Å². The van der Waals surface area contributed by atoms with Crippen LogP contribution in [0.2, 0.25) is 5.02 Å². The van der Waals surface area contributed by atoms with Crippen molar-refractivity contribution < 1.29 is 20.8 Å². The van der Waals surface area contributed by atoms with E-state index in [0.717, 1.165) is 0 Å². The van der Waals surface area contributed by atoms with Crippen molar-refractivity contribution in [2.75, 3.05) is 11.9 Å². The van der Waals surface area contributed by atoms with Gasteiger partial charge in [-0.25, -0.2) is 15.0 Å². The zero-order valence-corrected chi connectivity index (χ0v) is 15.5. The van der Waals surface area contributed by atoms with Crippen LogP contribution in [0.1, 0.15) is 16.7 Å². The van der Waals surface area contributed by atoms with Crippen molar-refractivity contribution >= 4 is 34.5 Å². The number of pyridine rings is 1. The van der Waals surface area contributed by atoms with Crippen LogP contribution in [0, 0.1) is 0 Å². The van der Waals surface area contributed by atoms with E-state index < -0.39 is 24.2 Å². The number of nitrogens with zero attached hydrogens (tertiary/aromatic N) is 4. The zero-order valence-electron chi connectivity index (χ0n) is 14.7. The second-order valence-corrected chi connectivity index (χ2v) is 6.87. The quantitative estimate of drug-likeness (QED) is 0.587. The van der Waals surface area contributed by atoms with E-state index in [4.69, 9.17) is 11.6 Å². The first-order valence-corrected chi connectivity index (χ1v) is 8.38. The minimum Gasteiger partial charge on any atom is -0.345 e. The Bertz CT molecular complexity index is 1030. The van der Waals surface area contributed by atoms with E-state index in [2.05, 4.69) is 30.2 Å². The van der Waals surface area contributed by atoms with Crippen LogP contribution in [0.3, 0.4) is 0 Å².